The first-order valence-electron chi connectivity index (χ1n) is 9.53. The fraction of sp³-hybridized carbons (Fsp3) is 0.478. The van der Waals surface area contributed by atoms with E-state index in [0.717, 1.165) is 33.4 Å². The largest absolute Gasteiger partial charge is 0.507 e. The Morgan fingerprint density at radius 1 is 0.786 bits per heavy atom. The van der Waals surface area contributed by atoms with Crippen LogP contribution < -0.4 is 4.52 Å². The Hall–Kier alpha value is -1.61. The fourth-order valence-corrected chi connectivity index (χ4v) is 3.87. The molecule has 3 N–H and O–H groups in total. The van der Waals surface area contributed by atoms with Crippen LogP contribution in [-0.4, -0.2) is 14.9 Å². The average Bonchev–Trinajstić information content (AvgIpc) is 2.50. The van der Waals surface area contributed by atoms with E-state index in [9.17, 15) is 14.9 Å². The van der Waals surface area contributed by atoms with Crippen molar-refractivity contribution in [2.24, 2.45) is 0 Å². The Kier molecular flexibility index (Phi) is 6.50. The molecule has 2 aromatic carbocycles. The molecule has 0 radical (unpaired) electrons. The second-order valence-corrected chi connectivity index (χ2v) is 10.3. The van der Waals surface area contributed by atoms with Gasteiger partial charge < -0.3 is 19.4 Å². The van der Waals surface area contributed by atoms with E-state index in [2.05, 4.69) is 41.5 Å². The highest BCUT2D eigenvalue weighted by Crippen LogP contribution is 2.43. The highest BCUT2D eigenvalue weighted by atomic mass is 31.2. The summed E-state index contributed by atoms with van der Waals surface area (Å²) in [4.78, 5) is 19.1. The van der Waals surface area contributed by atoms with E-state index < -0.39 is 8.60 Å². The van der Waals surface area contributed by atoms with Gasteiger partial charge in [-0.3, -0.25) is 0 Å². The predicted octanol–water partition coefficient (Wildman–Crippen LogP) is 5.79. The van der Waals surface area contributed by atoms with Crippen LogP contribution in [0.15, 0.2) is 24.3 Å². The molecule has 154 valence electrons. The predicted molar refractivity (Wildman–Crippen MR) is 116 cm³/mol. The van der Waals surface area contributed by atoms with Crippen molar-refractivity contribution in [1.82, 2.24) is 0 Å². The van der Waals surface area contributed by atoms with Gasteiger partial charge in [-0.05, 0) is 41.4 Å². The molecule has 0 aromatic heterocycles. The zero-order chi connectivity index (χ0) is 21.4. The first-order chi connectivity index (χ1) is 12.7. The lowest BCUT2D eigenvalue weighted by atomic mass is 9.81. The molecule has 0 aliphatic heterocycles. The summed E-state index contributed by atoms with van der Waals surface area (Å²) < 4.78 is 5.49. The maximum Gasteiger partial charge on any atom is 0.391 e. The van der Waals surface area contributed by atoms with Crippen molar-refractivity contribution in [3.05, 3.63) is 57.6 Å². The van der Waals surface area contributed by atoms with Crippen LogP contribution in [-0.2, 0) is 17.3 Å². The van der Waals surface area contributed by atoms with Gasteiger partial charge in [0, 0.05) is 12.0 Å². The zero-order valence-corrected chi connectivity index (χ0v) is 19.1. The van der Waals surface area contributed by atoms with Crippen LogP contribution in [0.4, 0.5) is 0 Å². The third-order valence-corrected chi connectivity index (χ3v) is 5.16. The van der Waals surface area contributed by atoms with Crippen molar-refractivity contribution in [2.75, 3.05) is 0 Å². The molecule has 0 aliphatic rings. The molecule has 2 aromatic rings. The van der Waals surface area contributed by atoms with Crippen molar-refractivity contribution >= 4 is 8.60 Å². The van der Waals surface area contributed by atoms with Gasteiger partial charge in [0.1, 0.15) is 11.5 Å². The standard InChI is InChI=1S/C23H33O4P/c1-14-9-16(20(24)18(11-14)22(3,4)5)13-17-10-15(2)12-19(23(6,7)8)21(17)27-28(25)26/h9-12,24-26H,13H2,1-8H3. The summed E-state index contributed by atoms with van der Waals surface area (Å²) in [6, 6.07) is 8.01. The molecule has 0 unspecified atom stereocenters. The van der Waals surface area contributed by atoms with Gasteiger partial charge in [-0.15, -0.1) is 0 Å². The molecule has 0 saturated carbocycles. The summed E-state index contributed by atoms with van der Waals surface area (Å²) in [6.07, 6.45) is 0.444. The molecular weight excluding hydrogens is 371 g/mol. The number of phenols is 1. The Morgan fingerprint density at radius 2 is 1.25 bits per heavy atom. The lowest BCUT2D eigenvalue weighted by Gasteiger charge is -2.26. The Balaban J connectivity index is 2.67. The summed E-state index contributed by atoms with van der Waals surface area (Å²) in [5, 5.41) is 10.9. The van der Waals surface area contributed by atoms with Crippen LogP contribution >= 0.6 is 8.60 Å². The number of benzene rings is 2. The van der Waals surface area contributed by atoms with Gasteiger partial charge in [-0.2, -0.15) is 0 Å². The molecule has 0 heterocycles. The van der Waals surface area contributed by atoms with Crippen molar-refractivity contribution in [3.8, 4) is 11.5 Å². The summed E-state index contributed by atoms with van der Waals surface area (Å²) in [6.45, 7) is 16.5. The van der Waals surface area contributed by atoms with Crippen molar-refractivity contribution in [1.29, 1.82) is 0 Å². The second-order valence-electron chi connectivity index (χ2n) is 9.64. The number of rotatable bonds is 4. The van der Waals surface area contributed by atoms with Crippen molar-refractivity contribution in [3.63, 3.8) is 0 Å². The molecule has 0 bridgehead atoms. The summed E-state index contributed by atoms with van der Waals surface area (Å²) in [5.74, 6) is 0.783. The normalized spacial score (nSPS) is 12.5. The number of aromatic hydroxyl groups is 1. The summed E-state index contributed by atoms with van der Waals surface area (Å²) in [7, 11) is -2.54. The Morgan fingerprint density at radius 3 is 1.71 bits per heavy atom. The average molecular weight is 404 g/mol. The molecule has 5 heteroatoms. The van der Waals surface area contributed by atoms with Crippen LogP contribution in [0.1, 0.15) is 74.9 Å². The molecule has 0 amide bonds. The minimum Gasteiger partial charge on any atom is -0.507 e. The third kappa shape index (κ3) is 5.26. The SMILES string of the molecule is Cc1cc(Cc2cc(C)cc(C(C)(C)C)c2OP(O)O)c(O)c(C(C)(C)C)c1. The molecule has 0 fully saturated rings. The smallest absolute Gasteiger partial charge is 0.391 e. The molecule has 4 nitrogen and oxygen atoms in total. The second kappa shape index (κ2) is 8.02. The van der Waals surface area contributed by atoms with Crippen molar-refractivity contribution < 1.29 is 19.4 Å². The number of hydrogen-bond acceptors (Lipinski definition) is 4. The van der Waals surface area contributed by atoms with Gasteiger partial charge in [0.25, 0.3) is 0 Å². The Labute approximate surface area is 170 Å². The quantitative estimate of drug-likeness (QED) is 0.565. The first-order valence-corrected chi connectivity index (χ1v) is 10.7. The first kappa shape index (κ1) is 22.7. The minimum absolute atomic E-state index is 0.183. The van der Waals surface area contributed by atoms with Gasteiger partial charge >= 0.3 is 8.60 Å². The number of phenolic OH excluding ortho intramolecular Hbond substituents is 1. The van der Waals surface area contributed by atoms with Crippen LogP contribution in [0.2, 0.25) is 0 Å². The van der Waals surface area contributed by atoms with Gasteiger partial charge in [-0.25, -0.2) is 0 Å². The van der Waals surface area contributed by atoms with E-state index in [4.69, 9.17) is 4.52 Å². The maximum atomic E-state index is 10.9. The van der Waals surface area contributed by atoms with Gasteiger partial charge in [0.15, 0.2) is 0 Å². The van der Waals surface area contributed by atoms with Gasteiger partial charge in [0.2, 0.25) is 0 Å². The molecule has 0 saturated heterocycles. The summed E-state index contributed by atoms with van der Waals surface area (Å²) in [5.41, 5.74) is 5.19. The monoisotopic (exact) mass is 404 g/mol. The molecule has 0 spiro atoms. The maximum absolute atomic E-state index is 10.9. The van der Waals surface area contributed by atoms with E-state index in [1.165, 1.54) is 0 Å². The lowest BCUT2D eigenvalue weighted by molar-refractivity contribution is 0.368. The highest BCUT2D eigenvalue weighted by Gasteiger charge is 2.26. The number of aryl methyl sites for hydroxylation is 2. The molecule has 2 rings (SSSR count). The molecule has 0 atom stereocenters. The van der Waals surface area contributed by atoms with Crippen LogP contribution in [0.3, 0.4) is 0 Å². The lowest BCUT2D eigenvalue weighted by Crippen LogP contribution is -2.15. The third-order valence-electron chi connectivity index (χ3n) is 4.81. The topological polar surface area (TPSA) is 69.9 Å². The number of hydrogen-bond donors (Lipinski definition) is 3. The van der Waals surface area contributed by atoms with Crippen molar-refractivity contribution in [2.45, 2.75) is 72.6 Å². The molecule has 0 aliphatic carbocycles. The molecule has 28 heavy (non-hydrogen) atoms. The zero-order valence-electron chi connectivity index (χ0n) is 18.2. The van der Waals surface area contributed by atoms with E-state index in [0.29, 0.717) is 12.2 Å². The van der Waals surface area contributed by atoms with Crippen LogP contribution in [0.25, 0.3) is 0 Å². The van der Waals surface area contributed by atoms with Crippen LogP contribution in [0, 0.1) is 13.8 Å². The fourth-order valence-electron chi connectivity index (χ4n) is 3.49. The van der Waals surface area contributed by atoms with Crippen LogP contribution in [0.5, 0.6) is 11.5 Å². The molecular formula is C23H33O4P. The Bertz CT molecular complexity index is 858. The van der Waals surface area contributed by atoms with Gasteiger partial charge in [0.05, 0.1) is 0 Å². The highest BCUT2D eigenvalue weighted by molar-refractivity contribution is 7.39. The van der Waals surface area contributed by atoms with E-state index in [1.54, 1.807) is 0 Å². The van der Waals surface area contributed by atoms with E-state index in [-0.39, 0.29) is 16.6 Å². The summed E-state index contributed by atoms with van der Waals surface area (Å²) >= 11 is 0. The minimum atomic E-state index is -2.54. The van der Waals surface area contributed by atoms with E-state index in [1.807, 2.05) is 38.1 Å². The van der Waals surface area contributed by atoms with E-state index >= 15 is 0 Å². The van der Waals surface area contributed by atoms with Gasteiger partial charge in [-0.1, -0.05) is 76.9 Å².